The fourth-order valence-electron chi connectivity index (χ4n) is 3.35. The van der Waals surface area contributed by atoms with Crippen molar-refractivity contribution in [2.45, 2.75) is 26.5 Å². The minimum absolute atomic E-state index is 0.181. The minimum atomic E-state index is -0.208. The highest BCUT2D eigenvalue weighted by Gasteiger charge is 2.16. The van der Waals surface area contributed by atoms with Crippen molar-refractivity contribution in [1.29, 1.82) is 0 Å². The number of nitrogens with one attached hydrogen (secondary N) is 1. The Bertz CT molecular complexity index is 1230. The van der Waals surface area contributed by atoms with Crippen LogP contribution in [0.1, 0.15) is 40.3 Å². The summed E-state index contributed by atoms with van der Waals surface area (Å²) in [4.78, 5) is 21.8. The normalized spacial score (nSPS) is 11.8. The van der Waals surface area contributed by atoms with Gasteiger partial charge in [-0.2, -0.15) is 0 Å². The number of rotatable bonds is 6. The Morgan fingerprint density at radius 1 is 1.10 bits per heavy atom. The van der Waals surface area contributed by atoms with Gasteiger partial charge >= 0.3 is 0 Å². The van der Waals surface area contributed by atoms with Crippen molar-refractivity contribution in [3.05, 3.63) is 100 Å². The smallest absolute Gasteiger partial charge is 0.253 e. The molecule has 4 rings (SSSR count). The van der Waals surface area contributed by atoms with E-state index in [1.54, 1.807) is 12.3 Å². The molecule has 0 spiro atoms. The Morgan fingerprint density at radius 2 is 1.97 bits per heavy atom. The highest BCUT2D eigenvalue weighted by Crippen LogP contribution is 2.23. The van der Waals surface area contributed by atoms with Crippen molar-refractivity contribution in [3.63, 3.8) is 0 Å². The monoisotopic (exact) mass is 431 g/mol. The Labute approximate surface area is 186 Å². The summed E-state index contributed by atoms with van der Waals surface area (Å²) in [6.07, 6.45) is 1.74. The van der Waals surface area contributed by atoms with Crippen molar-refractivity contribution in [1.82, 2.24) is 15.3 Å². The fraction of sp³-hybridized carbons (Fsp3) is 0.160. The SMILES string of the molecule is Cc1nc2ccc(Cl)cc2cc1C(=O)NC(C)c1cccc(OCc2ccccn2)c1. The lowest BCUT2D eigenvalue weighted by Gasteiger charge is -2.17. The third-order valence-corrected chi connectivity index (χ3v) is 5.27. The van der Waals surface area contributed by atoms with Crippen LogP contribution in [0.25, 0.3) is 10.9 Å². The van der Waals surface area contributed by atoms with Crippen LogP contribution in [0.2, 0.25) is 5.02 Å². The van der Waals surface area contributed by atoms with Crippen LogP contribution in [0.5, 0.6) is 5.75 Å². The Hall–Kier alpha value is -3.44. The van der Waals surface area contributed by atoms with Gasteiger partial charge in [0.15, 0.2) is 0 Å². The number of fused-ring (bicyclic) bond motifs is 1. The third kappa shape index (κ3) is 5.01. The molecular weight excluding hydrogens is 410 g/mol. The summed E-state index contributed by atoms with van der Waals surface area (Å²) in [5.41, 5.74) is 3.82. The van der Waals surface area contributed by atoms with Crippen LogP contribution in [0.3, 0.4) is 0 Å². The quantitative estimate of drug-likeness (QED) is 0.427. The van der Waals surface area contributed by atoms with Gasteiger partial charge in [0.1, 0.15) is 12.4 Å². The van der Waals surface area contributed by atoms with Crippen molar-refractivity contribution in [3.8, 4) is 5.75 Å². The molecule has 2 aromatic heterocycles. The summed E-state index contributed by atoms with van der Waals surface area (Å²) in [6.45, 7) is 4.16. The molecule has 2 aromatic carbocycles. The van der Waals surface area contributed by atoms with Gasteiger partial charge in [0, 0.05) is 16.6 Å². The molecule has 156 valence electrons. The van der Waals surface area contributed by atoms with Gasteiger partial charge in [0.2, 0.25) is 0 Å². The van der Waals surface area contributed by atoms with E-state index in [4.69, 9.17) is 16.3 Å². The number of aryl methyl sites for hydroxylation is 1. The van der Waals surface area contributed by atoms with Crippen LogP contribution < -0.4 is 10.1 Å². The fourth-order valence-corrected chi connectivity index (χ4v) is 3.53. The van der Waals surface area contributed by atoms with Crippen molar-refractivity contribution < 1.29 is 9.53 Å². The van der Waals surface area contributed by atoms with Gasteiger partial charge in [-0.3, -0.25) is 14.8 Å². The molecule has 0 saturated carbocycles. The molecule has 6 heteroatoms. The number of hydrogen-bond acceptors (Lipinski definition) is 4. The molecule has 5 nitrogen and oxygen atoms in total. The molecule has 4 aromatic rings. The first-order chi connectivity index (χ1) is 15.0. The highest BCUT2D eigenvalue weighted by molar-refractivity contribution is 6.31. The van der Waals surface area contributed by atoms with E-state index in [0.717, 1.165) is 27.9 Å². The first kappa shape index (κ1) is 20.8. The molecule has 0 fully saturated rings. The molecule has 1 amide bonds. The van der Waals surface area contributed by atoms with E-state index >= 15 is 0 Å². The topological polar surface area (TPSA) is 64.1 Å². The van der Waals surface area contributed by atoms with Crippen LogP contribution in [0, 0.1) is 6.92 Å². The van der Waals surface area contributed by atoms with Gasteiger partial charge in [-0.05, 0) is 67.9 Å². The number of amides is 1. The first-order valence-electron chi connectivity index (χ1n) is 10.00. The van der Waals surface area contributed by atoms with Gasteiger partial charge in [0.25, 0.3) is 5.91 Å². The molecule has 1 N–H and O–H groups in total. The van der Waals surface area contributed by atoms with Crippen LogP contribution in [-0.2, 0) is 6.61 Å². The van der Waals surface area contributed by atoms with Gasteiger partial charge in [-0.15, -0.1) is 0 Å². The highest BCUT2D eigenvalue weighted by atomic mass is 35.5. The van der Waals surface area contributed by atoms with Gasteiger partial charge in [0.05, 0.1) is 28.5 Å². The largest absolute Gasteiger partial charge is 0.487 e. The van der Waals surface area contributed by atoms with E-state index in [9.17, 15) is 4.79 Å². The summed E-state index contributed by atoms with van der Waals surface area (Å²) in [5.74, 6) is 0.543. The Balaban J connectivity index is 1.48. The van der Waals surface area contributed by atoms with Crippen LogP contribution >= 0.6 is 11.6 Å². The zero-order chi connectivity index (χ0) is 21.8. The lowest BCUT2D eigenvalue weighted by atomic mass is 10.1. The average Bonchev–Trinajstić information content (AvgIpc) is 2.78. The molecule has 0 aliphatic rings. The van der Waals surface area contributed by atoms with Crippen molar-refractivity contribution in [2.24, 2.45) is 0 Å². The van der Waals surface area contributed by atoms with E-state index in [2.05, 4.69) is 15.3 Å². The van der Waals surface area contributed by atoms with Gasteiger partial charge in [-0.1, -0.05) is 29.8 Å². The number of hydrogen-bond donors (Lipinski definition) is 1. The molecular formula is C25H22ClN3O2. The summed E-state index contributed by atoms with van der Waals surface area (Å²) < 4.78 is 5.85. The number of nitrogens with zero attached hydrogens (tertiary/aromatic N) is 2. The van der Waals surface area contributed by atoms with E-state index in [0.29, 0.717) is 22.9 Å². The Morgan fingerprint density at radius 3 is 2.77 bits per heavy atom. The lowest BCUT2D eigenvalue weighted by molar-refractivity contribution is 0.0939. The summed E-state index contributed by atoms with van der Waals surface area (Å²) >= 11 is 6.09. The predicted octanol–water partition coefficient (Wildman–Crippen LogP) is 5.66. The molecule has 31 heavy (non-hydrogen) atoms. The van der Waals surface area contributed by atoms with Crippen molar-refractivity contribution in [2.75, 3.05) is 0 Å². The molecule has 0 saturated heterocycles. The number of halogens is 1. The Kier molecular flexibility index (Phi) is 6.14. The maximum Gasteiger partial charge on any atom is 0.253 e. The second-order valence-electron chi connectivity index (χ2n) is 7.34. The van der Waals surface area contributed by atoms with E-state index in [1.807, 2.05) is 74.5 Å². The molecule has 1 unspecified atom stereocenters. The molecule has 2 heterocycles. The van der Waals surface area contributed by atoms with E-state index in [1.165, 1.54) is 0 Å². The lowest BCUT2D eigenvalue weighted by Crippen LogP contribution is -2.27. The summed E-state index contributed by atoms with van der Waals surface area (Å²) in [5, 5.41) is 4.50. The third-order valence-electron chi connectivity index (χ3n) is 5.03. The van der Waals surface area contributed by atoms with Crippen molar-refractivity contribution >= 4 is 28.4 Å². The van der Waals surface area contributed by atoms with Gasteiger partial charge < -0.3 is 10.1 Å². The molecule has 0 aliphatic heterocycles. The number of carbonyl (C=O) groups excluding carboxylic acids is 1. The number of ether oxygens (including phenoxy) is 1. The molecule has 0 bridgehead atoms. The van der Waals surface area contributed by atoms with Gasteiger partial charge in [-0.25, -0.2) is 0 Å². The number of carbonyl (C=O) groups is 1. The molecule has 1 atom stereocenters. The van der Waals surface area contributed by atoms with Crippen LogP contribution in [0.15, 0.2) is 72.9 Å². The second-order valence-corrected chi connectivity index (χ2v) is 7.77. The zero-order valence-corrected chi connectivity index (χ0v) is 18.1. The van der Waals surface area contributed by atoms with E-state index < -0.39 is 0 Å². The second kappa shape index (κ2) is 9.14. The molecule has 0 aliphatic carbocycles. The van der Waals surface area contributed by atoms with Crippen LogP contribution in [-0.4, -0.2) is 15.9 Å². The summed E-state index contributed by atoms with van der Waals surface area (Å²) in [7, 11) is 0. The number of pyridine rings is 2. The van der Waals surface area contributed by atoms with E-state index in [-0.39, 0.29) is 11.9 Å². The predicted molar refractivity (Wildman–Crippen MR) is 122 cm³/mol. The number of benzene rings is 2. The maximum atomic E-state index is 12.9. The minimum Gasteiger partial charge on any atom is -0.487 e. The standard InChI is InChI=1S/C25H22ClN3O2/c1-16(18-6-5-8-22(13-18)31-15-21-7-3-4-11-27-21)29-25(30)23-14-19-12-20(26)9-10-24(19)28-17(23)2/h3-14,16H,15H2,1-2H3,(H,29,30). The van der Waals surface area contributed by atoms with Crippen LogP contribution in [0.4, 0.5) is 0 Å². The number of aromatic nitrogens is 2. The maximum absolute atomic E-state index is 12.9. The summed E-state index contributed by atoms with van der Waals surface area (Å²) in [6, 6.07) is 20.5. The average molecular weight is 432 g/mol. The molecule has 0 radical (unpaired) electrons. The first-order valence-corrected chi connectivity index (χ1v) is 10.4. The zero-order valence-electron chi connectivity index (χ0n) is 17.3.